The first kappa shape index (κ1) is 34.6. The Morgan fingerprint density at radius 2 is 1.71 bits per heavy atom. The van der Waals surface area contributed by atoms with E-state index in [4.69, 9.17) is 22.2 Å². The first-order chi connectivity index (χ1) is 21.0. The smallest absolute Gasteiger partial charge is 0.453 e. The lowest BCUT2D eigenvalue weighted by atomic mass is 9.75. The second-order valence-corrected chi connectivity index (χ2v) is 12.0. The average molecular weight is 685 g/mol. The number of rotatable bonds is 12. The zero-order valence-electron chi connectivity index (χ0n) is 23.3. The van der Waals surface area contributed by atoms with Crippen molar-refractivity contribution in [2.45, 2.75) is 68.8 Å². The van der Waals surface area contributed by atoms with Gasteiger partial charge in [0.05, 0.1) is 24.1 Å². The van der Waals surface area contributed by atoms with Crippen LogP contribution in [-0.4, -0.2) is 51.8 Å². The van der Waals surface area contributed by atoms with Gasteiger partial charge in [-0.25, -0.2) is 9.37 Å². The van der Waals surface area contributed by atoms with Gasteiger partial charge in [-0.15, -0.1) is 0 Å². The van der Waals surface area contributed by atoms with Crippen molar-refractivity contribution in [2.24, 2.45) is 0 Å². The molecule has 1 aromatic heterocycles. The molecule has 1 aliphatic heterocycles. The van der Waals surface area contributed by atoms with Gasteiger partial charge >= 0.3 is 18.3 Å². The van der Waals surface area contributed by atoms with E-state index in [0.29, 0.717) is 43.9 Å². The van der Waals surface area contributed by atoms with Crippen LogP contribution in [0.4, 0.5) is 50.9 Å². The number of thiocarbonyl (C=S) groups is 1. The molecule has 1 saturated heterocycles. The van der Waals surface area contributed by atoms with Crippen LogP contribution in [0.5, 0.6) is 5.75 Å². The fraction of sp³-hybridized carbons (Fsp3) is 0.500. The molecule has 45 heavy (non-hydrogen) atoms. The summed E-state index contributed by atoms with van der Waals surface area (Å²) in [6, 6.07) is 5.91. The van der Waals surface area contributed by atoms with E-state index in [9.17, 15) is 39.9 Å². The number of halogens is 9. The Morgan fingerprint density at radius 1 is 1.02 bits per heavy atom. The molecule has 4 rings (SSSR count). The molecule has 2 heterocycles. The van der Waals surface area contributed by atoms with Crippen LogP contribution >= 0.6 is 24.0 Å². The highest BCUT2D eigenvalue weighted by Crippen LogP contribution is 2.48. The molecule has 1 amide bonds. The topological polar surface area (TPSA) is 69.5 Å². The highest BCUT2D eigenvalue weighted by Gasteiger charge is 2.60. The summed E-state index contributed by atoms with van der Waals surface area (Å²) in [6.07, 6.45) is -8.83. The third kappa shape index (κ3) is 7.11. The molecule has 1 saturated carbocycles. The Morgan fingerprint density at radius 3 is 2.29 bits per heavy atom. The minimum absolute atomic E-state index is 0.0918. The number of nitriles is 1. The standard InChI is InChI=1S/C28H25F9N4O2S2/c29-20-14-17(5-6-22(20)43-10-1-2-11-45-12-4-9-26(30,31)28(35,36)37)41-24(44)40(23(42)25(41)7-3-8-25)18-13-19(27(32,33)34)21(15-38)39-16-18/h5-6,13-14,16H,1-4,7-12H2. The Balaban J connectivity index is 1.36. The van der Waals surface area contributed by atoms with Crippen molar-refractivity contribution in [3.63, 3.8) is 0 Å². The second-order valence-electron chi connectivity index (χ2n) is 10.4. The fourth-order valence-electron chi connectivity index (χ4n) is 4.96. The number of hydrogen-bond donors (Lipinski definition) is 0. The number of carbonyl (C=O) groups is 1. The minimum Gasteiger partial charge on any atom is -0.491 e. The van der Waals surface area contributed by atoms with Gasteiger partial charge in [-0.3, -0.25) is 9.69 Å². The van der Waals surface area contributed by atoms with Crippen molar-refractivity contribution in [3.8, 4) is 11.8 Å². The number of aromatic nitrogens is 1. The lowest BCUT2D eigenvalue weighted by molar-refractivity contribution is -0.284. The molecule has 244 valence electrons. The molecule has 0 radical (unpaired) electrons. The molecule has 2 fully saturated rings. The maximum absolute atomic E-state index is 15.1. The van der Waals surface area contributed by atoms with Gasteiger partial charge < -0.3 is 9.64 Å². The van der Waals surface area contributed by atoms with Gasteiger partial charge in [0.2, 0.25) is 0 Å². The van der Waals surface area contributed by atoms with Gasteiger partial charge in [0.15, 0.2) is 22.4 Å². The average Bonchev–Trinajstić information content (AvgIpc) is 3.17. The van der Waals surface area contributed by atoms with Crippen molar-refractivity contribution >= 4 is 46.4 Å². The Hall–Kier alpha value is -3.26. The Kier molecular flexibility index (Phi) is 10.2. The zero-order chi connectivity index (χ0) is 33.2. The zero-order valence-corrected chi connectivity index (χ0v) is 24.9. The summed E-state index contributed by atoms with van der Waals surface area (Å²) in [5.41, 5.74) is -3.49. The predicted molar refractivity (Wildman–Crippen MR) is 152 cm³/mol. The number of nitrogens with zero attached hydrogens (tertiary/aromatic N) is 4. The van der Waals surface area contributed by atoms with E-state index >= 15 is 4.39 Å². The molecule has 1 aliphatic carbocycles. The summed E-state index contributed by atoms with van der Waals surface area (Å²) in [6.45, 7) is 0.0918. The maximum Gasteiger partial charge on any atom is 0.453 e. The Bertz CT molecular complexity index is 1470. The summed E-state index contributed by atoms with van der Waals surface area (Å²) in [5.74, 6) is -5.57. The number of carbonyl (C=O) groups excluding carboxylic acids is 1. The van der Waals surface area contributed by atoms with Crippen molar-refractivity contribution in [1.29, 1.82) is 5.26 Å². The van der Waals surface area contributed by atoms with Crippen LogP contribution in [0.3, 0.4) is 0 Å². The van der Waals surface area contributed by atoms with Crippen LogP contribution in [0, 0.1) is 17.1 Å². The number of anilines is 2. The first-order valence-electron chi connectivity index (χ1n) is 13.6. The van der Waals surface area contributed by atoms with E-state index < -0.39 is 53.2 Å². The van der Waals surface area contributed by atoms with Crippen molar-refractivity contribution in [2.75, 3.05) is 27.9 Å². The van der Waals surface area contributed by atoms with Crippen molar-refractivity contribution in [1.82, 2.24) is 4.98 Å². The van der Waals surface area contributed by atoms with E-state index in [2.05, 4.69) is 4.98 Å². The van der Waals surface area contributed by atoms with Crippen LogP contribution in [-0.2, 0) is 11.0 Å². The van der Waals surface area contributed by atoms with Crippen molar-refractivity contribution < 1.29 is 49.0 Å². The number of benzene rings is 1. The molecular weight excluding hydrogens is 659 g/mol. The van der Waals surface area contributed by atoms with Crippen molar-refractivity contribution in [3.05, 3.63) is 47.5 Å². The number of unbranched alkanes of at least 4 members (excludes halogenated alkanes) is 1. The Labute approximate surface area is 261 Å². The molecule has 1 aromatic carbocycles. The molecule has 0 N–H and O–H groups in total. The molecule has 0 bridgehead atoms. The first-order valence-corrected chi connectivity index (χ1v) is 15.2. The van der Waals surface area contributed by atoms with E-state index in [1.165, 1.54) is 34.9 Å². The van der Waals surface area contributed by atoms with E-state index in [1.807, 2.05) is 0 Å². The quantitative estimate of drug-likeness (QED) is 0.127. The van der Waals surface area contributed by atoms with Gasteiger partial charge in [-0.05, 0) is 80.4 Å². The summed E-state index contributed by atoms with van der Waals surface area (Å²) in [7, 11) is 0. The van der Waals surface area contributed by atoms with Crippen LogP contribution in [0.15, 0.2) is 30.5 Å². The summed E-state index contributed by atoms with van der Waals surface area (Å²) in [5, 5.41) is 8.88. The highest BCUT2D eigenvalue weighted by molar-refractivity contribution is 7.99. The van der Waals surface area contributed by atoms with Gasteiger partial charge in [0.1, 0.15) is 11.6 Å². The lowest BCUT2D eigenvalue weighted by Crippen LogP contribution is -2.55. The van der Waals surface area contributed by atoms with Crippen LogP contribution in [0.25, 0.3) is 0 Å². The predicted octanol–water partition coefficient (Wildman–Crippen LogP) is 8.04. The molecule has 1 spiro atoms. The molecule has 0 atom stereocenters. The number of thioether (sulfide) groups is 1. The van der Waals surface area contributed by atoms with Gasteiger partial charge in [-0.1, -0.05) is 0 Å². The molecule has 17 heteroatoms. The summed E-state index contributed by atoms with van der Waals surface area (Å²) in [4.78, 5) is 19.5. The third-order valence-electron chi connectivity index (χ3n) is 7.44. The number of ether oxygens (including phenoxy) is 1. The SMILES string of the molecule is N#Cc1ncc(N2C(=O)C3(CCC3)N(c3ccc(OCCCCSCCCC(F)(F)C(F)(F)F)c(F)c3)C2=S)cc1C(F)(F)F. The maximum atomic E-state index is 15.1. The largest absolute Gasteiger partial charge is 0.491 e. The fourth-order valence-corrected chi connectivity index (χ4v) is 6.39. The van der Waals surface area contributed by atoms with Gasteiger partial charge in [0, 0.05) is 18.2 Å². The van der Waals surface area contributed by atoms with Crippen LogP contribution in [0.2, 0.25) is 0 Å². The number of hydrogen-bond acceptors (Lipinski definition) is 6. The molecule has 0 unspecified atom stereocenters. The molecule has 6 nitrogen and oxygen atoms in total. The molecule has 2 aliphatic rings. The third-order valence-corrected chi connectivity index (χ3v) is 8.96. The number of alkyl halides is 8. The molecule has 2 aromatic rings. The summed E-state index contributed by atoms with van der Waals surface area (Å²) >= 11 is 6.74. The van der Waals surface area contributed by atoms with Gasteiger partial charge in [-0.2, -0.15) is 52.1 Å². The van der Waals surface area contributed by atoms with E-state index in [-0.39, 0.29) is 41.0 Å². The van der Waals surface area contributed by atoms with E-state index in [0.717, 1.165) is 17.2 Å². The van der Waals surface area contributed by atoms with Crippen LogP contribution in [0.1, 0.15) is 56.2 Å². The second kappa shape index (κ2) is 13.2. The highest BCUT2D eigenvalue weighted by atomic mass is 32.2. The summed E-state index contributed by atoms with van der Waals surface area (Å²) < 4.78 is 124. The minimum atomic E-state index is -5.56. The molecular formula is C28H25F9N4O2S2. The van der Waals surface area contributed by atoms with E-state index in [1.54, 1.807) is 0 Å². The number of amides is 1. The lowest BCUT2D eigenvalue weighted by Gasteiger charge is -2.43. The van der Waals surface area contributed by atoms with Gasteiger partial charge in [0.25, 0.3) is 5.91 Å². The normalized spacial score (nSPS) is 16.7. The monoisotopic (exact) mass is 684 g/mol. The van der Waals surface area contributed by atoms with Crippen LogP contribution < -0.4 is 14.5 Å². The number of pyridine rings is 1.